The number of hydrogen-bond acceptors (Lipinski definition) is 5. The van der Waals surface area contributed by atoms with Gasteiger partial charge in [0, 0.05) is 44.2 Å². The van der Waals surface area contributed by atoms with Crippen LogP contribution < -0.4 is 4.74 Å². The van der Waals surface area contributed by atoms with Gasteiger partial charge in [-0.15, -0.1) is 0 Å². The number of ether oxygens (including phenoxy) is 2. The molecule has 6 nitrogen and oxygen atoms in total. The molecule has 150 valence electrons. The maximum absolute atomic E-state index is 9.22. The average Bonchev–Trinajstić information content (AvgIpc) is 3.44. The molecule has 1 aromatic heterocycles. The van der Waals surface area contributed by atoms with Gasteiger partial charge in [-0.05, 0) is 55.4 Å². The largest absolute Gasteiger partial charge is 0.496 e. The molecule has 0 saturated carbocycles. The highest BCUT2D eigenvalue weighted by Crippen LogP contribution is 2.39. The number of aryl methyl sites for hydroxylation is 2. The number of aromatic nitrogens is 2. The van der Waals surface area contributed by atoms with Crippen LogP contribution in [0.1, 0.15) is 36.4 Å². The molecule has 1 aliphatic carbocycles. The number of fused-ring (bicyclic) bond motifs is 2. The van der Waals surface area contributed by atoms with Crippen LogP contribution in [0.3, 0.4) is 0 Å². The molecule has 6 heteroatoms. The minimum Gasteiger partial charge on any atom is -0.496 e. The summed E-state index contributed by atoms with van der Waals surface area (Å²) in [6.07, 6.45) is 9.48. The first-order valence-corrected chi connectivity index (χ1v) is 10.5. The van der Waals surface area contributed by atoms with Crippen LogP contribution in [0.2, 0.25) is 0 Å². The number of hydrogen-bond donors (Lipinski definition) is 1. The molecule has 1 aromatic carbocycles. The van der Waals surface area contributed by atoms with Gasteiger partial charge in [-0.3, -0.25) is 4.90 Å². The van der Waals surface area contributed by atoms with E-state index in [-0.39, 0.29) is 12.7 Å². The smallest absolute Gasteiger partial charge is 0.143 e. The van der Waals surface area contributed by atoms with E-state index in [0.29, 0.717) is 12.1 Å². The Morgan fingerprint density at radius 1 is 1.21 bits per heavy atom. The molecule has 0 radical (unpaired) electrons. The zero-order chi connectivity index (χ0) is 19.1. The van der Waals surface area contributed by atoms with Crippen LogP contribution in [-0.4, -0.2) is 65.1 Å². The van der Waals surface area contributed by atoms with Crippen molar-refractivity contribution >= 4 is 0 Å². The molecule has 2 aromatic rings. The fourth-order valence-corrected chi connectivity index (χ4v) is 5.20. The first-order valence-electron chi connectivity index (χ1n) is 10.5. The number of nitrogens with zero attached hydrogens (tertiary/aromatic N) is 3. The van der Waals surface area contributed by atoms with Crippen molar-refractivity contribution in [3.63, 3.8) is 0 Å². The summed E-state index contributed by atoms with van der Waals surface area (Å²) < 4.78 is 14.0. The zero-order valence-corrected chi connectivity index (χ0v) is 16.5. The first kappa shape index (κ1) is 18.2. The number of aliphatic hydroxyl groups excluding tert-OH is 1. The normalized spacial score (nSPS) is 27.0. The predicted molar refractivity (Wildman–Crippen MR) is 107 cm³/mol. The van der Waals surface area contributed by atoms with Crippen molar-refractivity contribution in [1.29, 1.82) is 0 Å². The van der Waals surface area contributed by atoms with Crippen LogP contribution in [0.25, 0.3) is 11.4 Å². The lowest BCUT2D eigenvalue weighted by molar-refractivity contribution is -0.0567. The summed E-state index contributed by atoms with van der Waals surface area (Å²) in [5.41, 5.74) is 3.96. The number of methoxy groups -OCH3 is 1. The first-order chi connectivity index (χ1) is 13.8. The number of imidazole rings is 1. The highest BCUT2D eigenvalue weighted by Gasteiger charge is 2.38. The van der Waals surface area contributed by atoms with Gasteiger partial charge in [-0.2, -0.15) is 0 Å². The van der Waals surface area contributed by atoms with Crippen molar-refractivity contribution in [2.45, 2.75) is 50.3 Å². The molecule has 2 fully saturated rings. The number of aliphatic hydroxyl groups is 1. The third-order valence-electron chi connectivity index (χ3n) is 6.64. The van der Waals surface area contributed by atoms with E-state index >= 15 is 0 Å². The Morgan fingerprint density at radius 3 is 2.89 bits per heavy atom. The Hall–Kier alpha value is -1.89. The molecule has 28 heavy (non-hydrogen) atoms. The minimum atomic E-state index is 0.152. The van der Waals surface area contributed by atoms with Crippen LogP contribution in [0, 0.1) is 0 Å². The van der Waals surface area contributed by atoms with Gasteiger partial charge in [0.1, 0.15) is 11.6 Å². The summed E-state index contributed by atoms with van der Waals surface area (Å²) in [6.45, 7) is 2.87. The lowest BCUT2D eigenvalue weighted by Gasteiger charge is -2.34. The lowest BCUT2D eigenvalue weighted by Crippen LogP contribution is -2.46. The highest BCUT2D eigenvalue weighted by atomic mass is 16.5. The Morgan fingerprint density at radius 2 is 2.07 bits per heavy atom. The van der Waals surface area contributed by atoms with Crippen molar-refractivity contribution in [2.75, 3.05) is 33.4 Å². The SMILES string of the molecule is COc1cc2c(cc1-c1nccn1[C@@H]1C[C@H]3CO[C@@H](CCO)CN3C1)CCC2. The topological polar surface area (TPSA) is 59.8 Å². The van der Waals surface area contributed by atoms with E-state index in [1.54, 1.807) is 7.11 Å². The van der Waals surface area contributed by atoms with E-state index in [0.717, 1.165) is 62.5 Å². The van der Waals surface area contributed by atoms with E-state index < -0.39 is 0 Å². The van der Waals surface area contributed by atoms with Gasteiger partial charge >= 0.3 is 0 Å². The molecular weight excluding hydrogens is 354 g/mol. The molecule has 0 spiro atoms. The van der Waals surface area contributed by atoms with Gasteiger partial charge in [0.2, 0.25) is 0 Å². The second-order valence-corrected chi connectivity index (χ2v) is 8.30. The molecule has 1 N–H and O–H groups in total. The second-order valence-electron chi connectivity index (χ2n) is 8.30. The van der Waals surface area contributed by atoms with Crippen molar-refractivity contribution in [1.82, 2.24) is 14.5 Å². The van der Waals surface area contributed by atoms with Gasteiger partial charge in [-0.25, -0.2) is 4.98 Å². The third-order valence-corrected chi connectivity index (χ3v) is 6.64. The van der Waals surface area contributed by atoms with Gasteiger partial charge in [0.25, 0.3) is 0 Å². The standard InChI is InChI=1S/C22H29N3O3/c1-27-21-10-16-4-2-3-15(16)9-20(21)22-23-6-7-25(22)17-11-18-14-28-19(5-8-26)13-24(18)12-17/h6-7,9-10,17-19,26H,2-5,8,11-14H2,1H3/t17-,18+,19+/m1/s1. The van der Waals surface area contributed by atoms with Crippen LogP contribution in [0.4, 0.5) is 0 Å². The number of rotatable bonds is 5. The van der Waals surface area contributed by atoms with E-state index in [9.17, 15) is 5.11 Å². The average molecular weight is 383 g/mol. The van der Waals surface area contributed by atoms with Crippen LogP contribution in [-0.2, 0) is 17.6 Å². The van der Waals surface area contributed by atoms with Crippen LogP contribution >= 0.6 is 0 Å². The highest BCUT2D eigenvalue weighted by molar-refractivity contribution is 5.67. The molecule has 3 aliphatic rings. The van der Waals surface area contributed by atoms with Crippen molar-refractivity contribution in [2.24, 2.45) is 0 Å². The van der Waals surface area contributed by atoms with Crippen molar-refractivity contribution < 1.29 is 14.6 Å². The summed E-state index contributed by atoms with van der Waals surface area (Å²) in [5.74, 6) is 1.93. The zero-order valence-electron chi connectivity index (χ0n) is 16.5. The maximum atomic E-state index is 9.22. The molecule has 3 atom stereocenters. The molecule has 0 bridgehead atoms. The fourth-order valence-electron chi connectivity index (χ4n) is 5.20. The lowest BCUT2D eigenvalue weighted by atomic mass is 10.0. The minimum absolute atomic E-state index is 0.152. The maximum Gasteiger partial charge on any atom is 0.143 e. The summed E-state index contributed by atoms with van der Waals surface area (Å²) in [7, 11) is 1.75. The molecule has 2 aliphatic heterocycles. The van der Waals surface area contributed by atoms with Gasteiger partial charge < -0.3 is 19.1 Å². The van der Waals surface area contributed by atoms with Gasteiger partial charge in [0.05, 0.1) is 25.4 Å². The van der Waals surface area contributed by atoms with E-state index in [1.807, 2.05) is 6.20 Å². The monoisotopic (exact) mass is 383 g/mol. The molecule has 5 rings (SSSR count). The fraction of sp³-hybridized carbons (Fsp3) is 0.591. The Balaban J connectivity index is 1.42. The third kappa shape index (κ3) is 3.13. The Kier molecular flexibility index (Phi) is 4.87. The van der Waals surface area contributed by atoms with E-state index in [4.69, 9.17) is 14.5 Å². The van der Waals surface area contributed by atoms with Gasteiger partial charge in [-0.1, -0.05) is 0 Å². The Bertz CT molecular complexity index is 850. The summed E-state index contributed by atoms with van der Waals surface area (Å²) in [5, 5.41) is 9.22. The van der Waals surface area contributed by atoms with Crippen molar-refractivity contribution in [3.8, 4) is 17.1 Å². The quantitative estimate of drug-likeness (QED) is 0.859. The van der Waals surface area contributed by atoms with Crippen molar-refractivity contribution in [3.05, 3.63) is 35.7 Å². The predicted octanol–water partition coefficient (Wildman–Crippen LogP) is 2.44. The number of morpholine rings is 1. The van der Waals surface area contributed by atoms with Crippen LogP contribution in [0.5, 0.6) is 5.75 Å². The molecule has 0 amide bonds. The molecular formula is C22H29N3O3. The Labute approximate surface area is 166 Å². The molecule has 0 unspecified atom stereocenters. The van der Waals surface area contributed by atoms with Crippen LogP contribution in [0.15, 0.2) is 24.5 Å². The summed E-state index contributed by atoms with van der Waals surface area (Å²) >= 11 is 0. The summed E-state index contributed by atoms with van der Waals surface area (Å²) in [6, 6.07) is 5.35. The van der Waals surface area contributed by atoms with E-state index in [1.165, 1.54) is 17.5 Å². The second kappa shape index (κ2) is 7.50. The van der Waals surface area contributed by atoms with Gasteiger partial charge in [0.15, 0.2) is 0 Å². The number of benzene rings is 1. The molecule has 3 heterocycles. The van der Waals surface area contributed by atoms with E-state index in [2.05, 4.69) is 27.8 Å². The molecule has 2 saturated heterocycles. The summed E-state index contributed by atoms with van der Waals surface area (Å²) in [4.78, 5) is 7.25.